The molecule has 0 heteroatoms. The summed E-state index contributed by atoms with van der Waals surface area (Å²) in [7, 11) is 0. The number of hydrogen-bond acceptors (Lipinski definition) is 0. The Bertz CT molecular complexity index is 2990. The van der Waals surface area contributed by atoms with Crippen molar-refractivity contribution in [3.05, 3.63) is 262 Å². The van der Waals surface area contributed by atoms with E-state index in [1.807, 2.05) is 0 Å². The Morgan fingerprint density at radius 1 is 0.193 bits per heavy atom. The van der Waals surface area contributed by atoms with Gasteiger partial charge in [-0.25, -0.2) is 0 Å². The molecule has 0 amide bonds. The van der Waals surface area contributed by atoms with Crippen LogP contribution in [0.15, 0.2) is 212 Å². The standard InChI is InChI=1S/C57H38/c1-4-14-38(15-5-1)55-45-22-12-10-20-43(45)49-32-41(28-30-47(49)55)36-24-26-37(27-25-36)42-29-31-48-50(33-42)52-34-51-44-21-11-13-23-46(44)56(39-16-6-2-7-17-39)53(51)35-54(52)57(48)40-18-8-3-9-19-40/h1-35,55-57H. The molecule has 0 aliphatic heterocycles. The van der Waals surface area contributed by atoms with E-state index in [0.29, 0.717) is 0 Å². The van der Waals surface area contributed by atoms with Gasteiger partial charge in [-0.3, -0.25) is 0 Å². The average molecular weight is 723 g/mol. The molecule has 0 fully saturated rings. The Morgan fingerprint density at radius 3 is 0.965 bits per heavy atom. The van der Waals surface area contributed by atoms with Crippen molar-refractivity contribution in [1.82, 2.24) is 0 Å². The van der Waals surface area contributed by atoms with Gasteiger partial charge in [0.1, 0.15) is 0 Å². The molecule has 0 saturated carbocycles. The minimum atomic E-state index is 0.185. The molecule has 3 aliphatic carbocycles. The highest BCUT2D eigenvalue weighted by molar-refractivity contribution is 5.92. The van der Waals surface area contributed by atoms with Crippen LogP contribution in [0.1, 0.15) is 67.8 Å². The molecule has 0 radical (unpaired) electrons. The predicted molar refractivity (Wildman–Crippen MR) is 236 cm³/mol. The molecule has 0 saturated heterocycles. The van der Waals surface area contributed by atoms with Crippen LogP contribution in [0.4, 0.5) is 0 Å². The van der Waals surface area contributed by atoms with Crippen molar-refractivity contribution >= 4 is 0 Å². The quantitative estimate of drug-likeness (QED) is 0.166. The van der Waals surface area contributed by atoms with Crippen LogP contribution >= 0.6 is 0 Å². The topological polar surface area (TPSA) is 0 Å². The smallest absolute Gasteiger partial charge is 0.0352 e. The maximum absolute atomic E-state index is 2.55. The van der Waals surface area contributed by atoms with Gasteiger partial charge in [0.2, 0.25) is 0 Å². The summed E-state index contributed by atoms with van der Waals surface area (Å²) >= 11 is 0. The monoisotopic (exact) mass is 722 g/mol. The van der Waals surface area contributed by atoms with E-state index in [0.717, 1.165) is 0 Å². The second-order valence-corrected chi connectivity index (χ2v) is 15.9. The van der Waals surface area contributed by atoms with Gasteiger partial charge >= 0.3 is 0 Å². The van der Waals surface area contributed by atoms with Crippen LogP contribution in [-0.4, -0.2) is 0 Å². The lowest BCUT2D eigenvalue weighted by molar-refractivity contribution is 0.982. The number of benzene rings is 9. The normalized spacial score (nSPS) is 16.6. The van der Waals surface area contributed by atoms with E-state index in [1.54, 1.807) is 0 Å². The first-order chi connectivity index (χ1) is 28.3. The Hall–Kier alpha value is -7.02. The molecule has 0 N–H and O–H groups in total. The van der Waals surface area contributed by atoms with Gasteiger partial charge in [-0.2, -0.15) is 0 Å². The van der Waals surface area contributed by atoms with E-state index in [2.05, 4.69) is 212 Å². The molecule has 0 aromatic heterocycles. The summed E-state index contributed by atoms with van der Waals surface area (Å²) in [6.45, 7) is 0. The molecule has 57 heavy (non-hydrogen) atoms. The Kier molecular flexibility index (Phi) is 7.22. The van der Waals surface area contributed by atoms with Crippen molar-refractivity contribution in [2.45, 2.75) is 17.8 Å². The summed E-state index contributed by atoms with van der Waals surface area (Å²) in [6, 6.07) is 79.5. The lowest BCUT2D eigenvalue weighted by Crippen LogP contribution is -2.02. The van der Waals surface area contributed by atoms with Crippen LogP contribution in [0.2, 0.25) is 0 Å². The van der Waals surface area contributed by atoms with Gasteiger partial charge in [0, 0.05) is 17.8 Å². The van der Waals surface area contributed by atoms with Crippen LogP contribution in [0, 0.1) is 0 Å². The van der Waals surface area contributed by atoms with E-state index >= 15 is 0 Å². The van der Waals surface area contributed by atoms with E-state index in [9.17, 15) is 0 Å². The summed E-state index contributed by atoms with van der Waals surface area (Å²) in [4.78, 5) is 0. The average Bonchev–Trinajstić information content (AvgIpc) is 3.91. The minimum Gasteiger partial charge on any atom is -0.0622 e. The first-order valence-electron chi connectivity index (χ1n) is 20.2. The molecule has 3 unspecified atom stereocenters. The lowest BCUT2D eigenvalue weighted by Gasteiger charge is -2.18. The summed E-state index contributed by atoms with van der Waals surface area (Å²) in [5.74, 6) is 0.674. The third kappa shape index (κ3) is 5.00. The zero-order valence-electron chi connectivity index (χ0n) is 31.4. The molecule has 12 rings (SSSR count). The van der Waals surface area contributed by atoms with Crippen LogP contribution in [0.5, 0.6) is 0 Å². The molecular weight excluding hydrogens is 685 g/mol. The van der Waals surface area contributed by atoms with Crippen LogP contribution < -0.4 is 0 Å². The van der Waals surface area contributed by atoms with Gasteiger partial charge in [-0.05, 0) is 124 Å². The molecule has 0 bridgehead atoms. The van der Waals surface area contributed by atoms with Gasteiger partial charge in [0.15, 0.2) is 0 Å². The first kappa shape index (κ1) is 32.2. The van der Waals surface area contributed by atoms with Crippen LogP contribution in [-0.2, 0) is 0 Å². The minimum absolute atomic E-state index is 0.185. The molecule has 9 aromatic carbocycles. The largest absolute Gasteiger partial charge is 0.0622 e. The number of hydrogen-bond donors (Lipinski definition) is 0. The summed E-state index contributed by atoms with van der Waals surface area (Å²) < 4.78 is 0. The predicted octanol–water partition coefficient (Wildman–Crippen LogP) is 14.5. The third-order valence-electron chi connectivity index (χ3n) is 12.9. The fourth-order valence-electron chi connectivity index (χ4n) is 10.4. The molecule has 0 heterocycles. The zero-order valence-corrected chi connectivity index (χ0v) is 31.4. The molecule has 3 aliphatic rings. The van der Waals surface area contributed by atoms with Crippen molar-refractivity contribution < 1.29 is 0 Å². The molecule has 3 atom stereocenters. The lowest BCUT2D eigenvalue weighted by atomic mass is 9.85. The van der Waals surface area contributed by atoms with Crippen molar-refractivity contribution in [3.8, 4) is 55.6 Å². The number of fused-ring (bicyclic) bond motifs is 9. The van der Waals surface area contributed by atoms with E-state index in [1.165, 1.54) is 106 Å². The van der Waals surface area contributed by atoms with E-state index in [4.69, 9.17) is 0 Å². The van der Waals surface area contributed by atoms with E-state index < -0.39 is 0 Å². The van der Waals surface area contributed by atoms with Crippen molar-refractivity contribution in [2.75, 3.05) is 0 Å². The van der Waals surface area contributed by atoms with Gasteiger partial charge < -0.3 is 0 Å². The van der Waals surface area contributed by atoms with Gasteiger partial charge in [0.25, 0.3) is 0 Å². The summed E-state index contributed by atoms with van der Waals surface area (Å²) in [5, 5.41) is 0. The first-order valence-corrected chi connectivity index (χ1v) is 20.2. The molecule has 9 aromatic rings. The van der Waals surface area contributed by atoms with Gasteiger partial charge in [-0.15, -0.1) is 0 Å². The summed E-state index contributed by atoms with van der Waals surface area (Å²) in [5.41, 5.74) is 25.5. The van der Waals surface area contributed by atoms with Crippen LogP contribution in [0.3, 0.4) is 0 Å². The Labute approximate surface area is 334 Å². The van der Waals surface area contributed by atoms with Crippen molar-refractivity contribution in [2.24, 2.45) is 0 Å². The summed E-state index contributed by atoms with van der Waals surface area (Å²) in [6.07, 6.45) is 0. The van der Waals surface area contributed by atoms with Crippen LogP contribution in [0.25, 0.3) is 55.6 Å². The van der Waals surface area contributed by atoms with Crippen molar-refractivity contribution in [3.63, 3.8) is 0 Å². The second-order valence-electron chi connectivity index (χ2n) is 15.9. The highest BCUT2D eigenvalue weighted by Crippen LogP contribution is 2.56. The maximum atomic E-state index is 2.55. The second kappa shape index (κ2) is 12.8. The Morgan fingerprint density at radius 2 is 0.509 bits per heavy atom. The highest BCUT2D eigenvalue weighted by Gasteiger charge is 2.36. The van der Waals surface area contributed by atoms with Crippen molar-refractivity contribution in [1.29, 1.82) is 0 Å². The highest BCUT2D eigenvalue weighted by atomic mass is 14.4. The Balaban J connectivity index is 0.939. The maximum Gasteiger partial charge on any atom is 0.0352 e. The molecule has 266 valence electrons. The van der Waals surface area contributed by atoms with E-state index in [-0.39, 0.29) is 17.8 Å². The molecule has 0 spiro atoms. The fraction of sp³-hybridized carbons (Fsp3) is 0.0526. The fourth-order valence-corrected chi connectivity index (χ4v) is 10.4. The number of rotatable bonds is 5. The van der Waals surface area contributed by atoms with Gasteiger partial charge in [-0.1, -0.05) is 194 Å². The van der Waals surface area contributed by atoms with Gasteiger partial charge in [0.05, 0.1) is 0 Å². The molecule has 0 nitrogen and oxygen atoms in total. The SMILES string of the molecule is c1ccc(C2c3ccccc3-c3cc(-c4ccc(-c5ccc6c(c5)-c5cc7c(cc5C6c5ccccc5)C(c5ccccc5)c5ccccc5-7)cc4)ccc32)cc1. The third-order valence-corrected chi connectivity index (χ3v) is 12.9. The zero-order chi connectivity index (χ0) is 37.5. The molecular formula is C57H38.